The smallest absolute Gasteiger partial charge is 0.300 e. The van der Waals surface area contributed by atoms with Crippen molar-refractivity contribution >= 4 is 50.5 Å². The van der Waals surface area contributed by atoms with Crippen LogP contribution >= 0.6 is 38.5 Å². The molecule has 0 fully saturated rings. The van der Waals surface area contributed by atoms with Crippen molar-refractivity contribution in [3.05, 3.63) is 74.5 Å². The summed E-state index contributed by atoms with van der Waals surface area (Å²) in [5.74, 6) is -1.01. The number of halogens is 3. The third-order valence-corrected chi connectivity index (χ3v) is 3.76. The average Bonchev–Trinajstić information content (AvgIpc) is 3.01. The van der Waals surface area contributed by atoms with Gasteiger partial charge in [-0.25, -0.2) is 9.37 Å². The monoisotopic (exact) mass is 579 g/mol. The summed E-state index contributed by atoms with van der Waals surface area (Å²) in [5, 5.41) is 14.8. The largest absolute Gasteiger partial charge is 0.481 e. The Morgan fingerprint density at radius 1 is 1.07 bits per heavy atom. The highest BCUT2D eigenvalue weighted by Crippen LogP contribution is 2.25. The molecule has 0 saturated heterocycles. The molecule has 156 valence electrons. The Morgan fingerprint density at radius 3 is 1.93 bits per heavy atom. The zero-order chi connectivity index (χ0) is 22.4. The minimum Gasteiger partial charge on any atom is -0.481 e. The van der Waals surface area contributed by atoms with E-state index in [0.29, 0.717) is 21.7 Å². The Kier molecular flexibility index (Phi) is 13.5. The molecule has 0 aliphatic heterocycles. The second-order valence-corrected chi connectivity index (χ2v) is 7.36. The Labute approximate surface area is 190 Å². The molecule has 0 saturated carbocycles. The highest BCUT2D eigenvalue weighted by atomic mass is 127. The van der Waals surface area contributed by atoms with Crippen LogP contribution in [0.5, 0.6) is 0 Å². The Balaban J connectivity index is 0.000000436. The zero-order valence-corrected chi connectivity index (χ0v) is 19.6. The van der Waals surface area contributed by atoms with Gasteiger partial charge in [-0.2, -0.15) is 0 Å². The normalized spacial score (nSPS) is 8.90. The fourth-order valence-corrected chi connectivity index (χ4v) is 2.34. The summed E-state index contributed by atoms with van der Waals surface area (Å²) in [5.41, 5.74) is 0.425. The van der Waals surface area contributed by atoms with Crippen molar-refractivity contribution in [1.82, 2.24) is 4.98 Å². The predicted octanol–water partition coefficient (Wildman–Crippen LogP) is 6.02. The summed E-state index contributed by atoms with van der Waals surface area (Å²) in [4.78, 5) is 21.9. The third-order valence-electron chi connectivity index (χ3n) is 2.55. The molecule has 0 bridgehead atoms. The van der Waals surface area contributed by atoms with Gasteiger partial charge in [-0.1, -0.05) is 34.1 Å². The van der Waals surface area contributed by atoms with E-state index in [1.807, 2.05) is 18.2 Å². The Bertz CT molecular complexity index is 883. The lowest BCUT2D eigenvalue weighted by atomic mass is 10.2. The Hall–Kier alpha value is -2.27. The number of rotatable bonds is 1. The van der Waals surface area contributed by atoms with E-state index in [1.54, 1.807) is 19.1 Å². The van der Waals surface area contributed by atoms with E-state index >= 15 is 0 Å². The molecule has 0 unspecified atom stereocenters. The molecule has 2 N–H and O–H groups in total. The summed E-state index contributed by atoms with van der Waals surface area (Å²) < 4.78 is 20.6. The number of oxazole rings is 1. The van der Waals surface area contributed by atoms with Gasteiger partial charge >= 0.3 is 0 Å². The minimum absolute atomic E-state index is 0.324. The Morgan fingerprint density at radius 2 is 1.59 bits per heavy atom. The highest BCUT2D eigenvalue weighted by molar-refractivity contribution is 14.1. The van der Waals surface area contributed by atoms with Gasteiger partial charge in [-0.15, -0.1) is 0 Å². The number of carbonyl (C=O) groups is 2. The molecule has 0 aliphatic rings. The number of aromatic nitrogens is 1. The van der Waals surface area contributed by atoms with E-state index in [4.69, 9.17) is 24.2 Å². The number of nitrogens with zero attached hydrogens (tertiary/aromatic N) is 1. The van der Waals surface area contributed by atoms with Crippen LogP contribution in [0.2, 0.25) is 0 Å². The summed E-state index contributed by atoms with van der Waals surface area (Å²) in [6, 6.07) is 15.0. The molecule has 3 aromatic rings. The van der Waals surface area contributed by atoms with Crippen LogP contribution in [0.15, 0.2) is 63.6 Å². The molecule has 0 radical (unpaired) electrons. The first-order chi connectivity index (χ1) is 13.5. The summed E-state index contributed by atoms with van der Waals surface area (Å²) in [6.07, 6.45) is 1.52. The van der Waals surface area contributed by atoms with Crippen molar-refractivity contribution in [2.24, 2.45) is 0 Å². The van der Waals surface area contributed by atoms with Gasteiger partial charge in [0.15, 0.2) is 11.7 Å². The van der Waals surface area contributed by atoms with Crippen molar-refractivity contribution in [3.63, 3.8) is 0 Å². The van der Waals surface area contributed by atoms with Crippen LogP contribution < -0.4 is 0 Å². The van der Waals surface area contributed by atoms with Crippen molar-refractivity contribution in [2.45, 2.75) is 20.8 Å². The maximum absolute atomic E-state index is 13.4. The van der Waals surface area contributed by atoms with Gasteiger partial charge in [-0.3, -0.25) is 9.59 Å². The van der Waals surface area contributed by atoms with E-state index in [-0.39, 0.29) is 5.82 Å². The fourth-order valence-electron chi connectivity index (χ4n) is 1.59. The highest BCUT2D eigenvalue weighted by Gasteiger charge is 2.09. The summed E-state index contributed by atoms with van der Waals surface area (Å²) >= 11 is 5.47. The van der Waals surface area contributed by atoms with E-state index in [9.17, 15) is 4.39 Å². The standard InChI is InChI=1S/C10H7BrFNO.C6H5I.2C2H4O2/c1-6-13-5-10(14-6)8-3-2-7(11)4-9(8)12;7-6-4-2-1-3-5-6;2*1-2(3)4/h2-5H,1H3;1-5H;2*1H3,(H,3,4). The van der Waals surface area contributed by atoms with Crippen LogP contribution in [-0.2, 0) is 9.59 Å². The van der Waals surface area contributed by atoms with Gasteiger partial charge in [0.25, 0.3) is 11.9 Å². The lowest BCUT2D eigenvalue weighted by Gasteiger charge is -1.98. The first-order valence-corrected chi connectivity index (χ1v) is 9.87. The zero-order valence-electron chi connectivity index (χ0n) is 15.9. The summed E-state index contributed by atoms with van der Waals surface area (Å²) in [7, 11) is 0. The fraction of sp³-hybridized carbons (Fsp3) is 0.150. The summed E-state index contributed by atoms with van der Waals surface area (Å²) in [6.45, 7) is 3.89. The first kappa shape index (κ1) is 26.7. The topological polar surface area (TPSA) is 101 Å². The van der Waals surface area contributed by atoms with Crippen LogP contribution in [0.4, 0.5) is 4.39 Å². The molecule has 9 heteroatoms. The SMILES string of the molecule is CC(=O)O.CC(=O)O.Cc1ncc(-c2ccc(Br)cc2F)o1.Ic1ccccc1. The second-order valence-electron chi connectivity index (χ2n) is 5.20. The van der Waals surface area contributed by atoms with Gasteiger partial charge in [0.1, 0.15) is 5.82 Å². The van der Waals surface area contributed by atoms with E-state index < -0.39 is 11.9 Å². The number of hydrogen-bond donors (Lipinski definition) is 2. The van der Waals surface area contributed by atoms with Gasteiger partial charge in [0.2, 0.25) is 0 Å². The van der Waals surface area contributed by atoms with Crippen LogP contribution in [0.25, 0.3) is 11.3 Å². The third kappa shape index (κ3) is 14.4. The quantitative estimate of drug-likeness (QED) is 0.342. The maximum Gasteiger partial charge on any atom is 0.300 e. The molecule has 0 aliphatic carbocycles. The van der Waals surface area contributed by atoms with E-state index in [0.717, 1.165) is 13.8 Å². The van der Waals surface area contributed by atoms with E-state index in [2.05, 4.69) is 55.6 Å². The van der Waals surface area contributed by atoms with Gasteiger partial charge in [0.05, 0.1) is 11.8 Å². The number of carboxylic acids is 2. The lowest BCUT2D eigenvalue weighted by molar-refractivity contribution is -0.135. The second kappa shape index (κ2) is 14.7. The van der Waals surface area contributed by atoms with Gasteiger partial charge in [0, 0.05) is 28.8 Å². The van der Waals surface area contributed by atoms with Crippen LogP contribution in [0, 0.1) is 16.3 Å². The van der Waals surface area contributed by atoms with Crippen LogP contribution in [-0.4, -0.2) is 27.1 Å². The predicted molar refractivity (Wildman–Crippen MR) is 120 cm³/mol. The lowest BCUT2D eigenvalue weighted by Crippen LogP contribution is -1.81. The first-order valence-electron chi connectivity index (χ1n) is 8.00. The molecule has 6 nitrogen and oxygen atoms in total. The van der Waals surface area contributed by atoms with Gasteiger partial charge in [-0.05, 0) is 52.9 Å². The number of carboxylic acid groups (broad SMARTS) is 2. The van der Waals surface area contributed by atoms with E-state index in [1.165, 1.54) is 15.8 Å². The average molecular weight is 580 g/mol. The molecule has 1 heterocycles. The van der Waals surface area contributed by atoms with Gasteiger partial charge < -0.3 is 14.6 Å². The van der Waals surface area contributed by atoms with Crippen molar-refractivity contribution in [2.75, 3.05) is 0 Å². The molecule has 29 heavy (non-hydrogen) atoms. The number of hydrogen-bond acceptors (Lipinski definition) is 4. The minimum atomic E-state index is -0.833. The molecule has 0 spiro atoms. The molecule has 2 aromatic carbocycles. The molecule has 3 rings (SSSR count). The molecule has 0 amide bonds. The molecule has 0 atom stereocenters. The number of aliphatic carboxylic acids is 2. The number of benzene rings is 2. The van der Waals surface area contributed by atoms with Crippen molar-refractivity contribution in [3.8, 4) is 11.3 Å². The van der Waals surface area contributed by atoms with Crippen molar-refractivity contribution < 1.29 is 28.6 Å². The van der Waals surface area contributed by atoms with Crippen LogP contribution in [0.1, 0.15) is 19.7 Å². The maximum atomic E-state index is 13.4. The molecular formula is C20H20BrFINO5. The molecule has 1 aromatic heterocycles. The molecular weight excluding hydrogens is 560 g/mol. The van der Waals surface area contributed by atoms with Crippen LogP contribution in [0.3, 0.4) is 0 Å². The van der Waals surface area contributed by atoms with Crippen molar-refractivity contribution in [1.29, 1.82) is 0 Å². The number of aryl methyl sites for hydroxylation is 1.